The second-order valence-electron chi connectivity index (χ2n) is 5.50. The number of pyridine rings is 1. The van der Waals surface area contributed by atoms with E-state index < -0.39 is 0 Å². The molecule has 26 heavy (non-hydrogen) atoms. The van der Waals surface area contributed by atoms with Gasteiger partial charge in [-0.05, 0) is 23.8 Å². The van der Waals surface area contributed by atoms with Crippen molar-refractivity contribution in [1.82, 2.24) is 15.6 Å². The molecule has 2 heterocycles. The summed E-state index contributed by atoms with van der Waals surface area (Å²) in [5, 5.41) is 9.47. The van der Waals surface area contributed by atoms with Crippen molar-refractivity contribution in [3.63, 3.8) is 0 Å². The molecule has 9 heteroatoms. The number of urea groups is 1. The average Bonchev–Trinajstić information content (AvgIpc) is 2.65. The number of carbonyl (C=O) groups excluding carboxylic acids is 1. The normalized spacial score (nSPS) is 12.4. The Labute approximate surface area is 161 Å². The van der Waals surface area contributed by atoms with Crippen molar-refractivity contribution in [1.29, 1.82) is 0 Å². The summed E-state index contributed by atoms with van der Waals surface area (Å²) >= 11 is 11.8. The van der Waals surface area contributed by atoms with E-state index in [1.807, 2.05) is 18.2 Å². The van der Waals surface area contributed by atoms with Crippen LogP contribution in [-0.2, 0) is 6.54 Å². The van der Waals surface area contributed by atoms with Crippen LogP contribution < -0.4 is 25.4 Å². The van der Waals surface area contributed by atoms with Gasteiger partial charge in [-0.1, -0.05) is 29.3 Å². The molecule has 3 N–H and O–H groups in total. The maximum atomic E-state index is 11.9. The molecule has 2 amide bonds. The van der Waals surface area contributed by atoms with Crippen LogP contribution in [-0.4, -0.2) is 37.3 Å². The summed E-state index contributed by atoms with van der Waals surface area (Å²) in [7, 11) is 0. The van der Waals surface area contributed by atoms with Crippen LogP contribution in [0.2, 0.25) is 10.0 Å². The predicted octanol–water partition coefficient (Wildman–Crippen LogP) is 3.07. The highest BCUT2D eigenvalue weighted by atomic mass is 35.5. The van der Waals surface area contributed by atoms with Gasteiger partial charge in [0.05, 0.1) is 10.0 Å². The Morgan fingerprint density at radius 3 is 2.69 bits per heavy atom. The number of aromatic nitrogens is 1. The highest BCUT2D eigenvalue weighted by molar-refractivity contribution is 6.35. The number of hydrogen-bond acceptors (Lipinski definition) is 5. The van der Waals surface area contributed by atoms with Gasteiger partial charge in [0.1, 0.15) is 19.0 Å². The molecule has 7 nitrogen and oxygen atoms in total. The maximum absolute atomic E-state index is 11.9. The Hall–Kier alpha value is -2.38. The Bertz CT molecular complexity index is 789. The van der Waals surface area contributed by atoms with Gasteiger partial charge in [-0.2, -0.15) is 0 Å². The smallest absolute Gasteiger partial charge is 0.315 e. The summed E-state index contributed by atoms with van der Waals surface area (Å²) in [5.41, 5.74) is 0.930. The van der Waals surface area contributed by atoms with E-state index in [4.69, 9.17) is 32.7 Å². The van der Waals surface area contributed by atoms with Crippen molar-refractivity contribution < 1.29 is 14.3 Å². The number of rotatable bonds is 6. The SMILES string of the molecule is O=C(NCCNc1ncc(Cl)cc1Cl)NCc1ccc2c(c1)OCCO2. The van der Waals surface area contributed by atoms with E-state index in [-0.39, 0.29) is 6.03 Å². The zero-order chi connectivity index (χ0) is 18.4. The number of ether oxygens (including phenoxy) is 2. The molecule has 0 saturated carbocycles. The molecule has 1 aromatic heterocycles. The molecule has 0 aliphatic carbocycles. The standard InChI is InChI=1S/C17H18Cl2N4O3/c18-12-8-13(19)16(22-10-12)20-3-4-21-17(24)23-9-11-1-2-14-15(7-11)26-6-5-25-14/h1-2,7-8,10H,3-6,9H2,(H,20,22)(H2,21,23,24). The Morgan fingerprint density at radius 1 is 1.08 bits per heavy atom. The molecule has 0 spiro atoms. The van der Waals surface area contributed by atoms with Gasteiger partial charge < -0.3 is 25.4 Å². The lowest BCUT2D eigenvalue weighted by atomic mass is 10.2. The number of carbonyl (C=O) groups is 1. The fourth-order valence-corrected chi connectivity index (χ4v) is 2.79. The van der Waals surface area contributed by atoms with Gasteiger partial charge in [0.2, 0.25) is 0 Å². The van der Waals surface area contributed by atoms with Crippen molar-refractivity contribution in [3.8, 4) is 11.5 Å². The zero-order valence-corrected chi connectivity index (χ0v) is 15.4. The van der Waals surface area contributed by atoms with Crippen molar-refractivity contribution in [2.45, 2.75) is 6.54 Å². The number of fused-ring (bicyclic) bond motifs is 1. The first-order valence-corrected chi connectivity index (χ1v) is 8.82. The molecular weight excluding hydrogens is 379 g/mol. The van der Waals surface area contributed by atoms with Crippen LogP contribution in [0.1, 0.15) is 5.56 Å². The number of amides is 2. The molecule has 0 unspecified atom stereocenters. The Balaban J connectivity index is 1.38. The second-order valence-corrected chi connectivity index (χ2v) is 6.34. The van der Waals surface area contributed by atoms with Gasteiger partial charge in [-0.25, -0.2) is 9.78 Å². The van der Waals surface area contributed by atoms with Crippen LogP contribution in [0, 0.1) is 0 Å². The van der Waals surface area contributed by atoms with Crippen LogP contribution in [0.4, 0.5) is 10.6 Å². The minimum absolute atomic E-state index is 0.267. The van der Waals surface area contributed by atoms with E-state index in [1.54, 1.807) is 6.07 Å². The van der Waals surface area contributed by atoms with E-state index in [1.165, 1.54) is 6.20 Å². The first kappa shape index (κ1) is 18.4. The molecule has 1 aliphatic rings. The molecule has 0 bridgehead atoms. The molecule has 0 fully saturated rings. The number of nitrogens with zero attached hydrogens (tertiary/aromatic N) is 1. The van der Waals surface area contributed by atoms with Gasteiger partial charge in [0.15, 0.2) is 11.5 Å². The number of halogens is 2. The topological polar surface area (TPSA) is 84.5 Å². The Morgan fingerprint density at radius 2 is 1.88 bits per heavy atom. The monoisotopic (exact) mass is 396 g/mol. The molecular formula is C17H18Cl2N4O3. The van der Waals surface area contributed by atoms with Gasteiger partial charge in [0, 0.05) is 25.8 Å². The van der Waals surface area contributed by atoms with Crippen LogP contribution in [0.5, 0.6) is 11.5 Å². The first-order valence-electron chi connectivity index (χ1n) is 8.07. The highest BCUT2D eigenvalue weighted by Gasteiger charge is 2.12. The molecule has 2 aromatic rings. The minimum Gasteiger partial charge on any atom is -0.486 e. The number of benzene rings is 1. The molecule has 0 saturated heterocycles. The number of nitrogens with one attached hydrogen (secondary N) is 3. The summed E-state index contributed by atoms with van der Waals surface area (Å²) in [5.74, 6) is 1.95. The van der Waals surface area contributed by atoms with E-state index in [9.17, 15) is 4.79 Å². The molecule has 1 aromatic carbocycles. The van der Waals surface area contributed by atoms with Gasteiger partial charge in [-0.3, -0.25) is 0 Å². The fourth-order valence-electron chi connectivity index (χ4n) is 2.34. The van der Waals surface area contributed by atoms with E-state index >= 15 is 0 Å². The lowest BCUT2D eigenvalue weighted by molar-refractivity contribution is 0.171. The van der Waals surface area contributed by atoms with E-state index in [2.05, 4.69) is 20.9 Å². The summed E-state index contributed by atoms with van der Waals surface area (Å²) in [6, 6.07) is 6.94. The molecule has 0 radical (unpaired) electrons. The Kier molecular flexibility index (Phi) is 6.25. The van der Waals surface area contributed by atoms with Crippen molar-refractivity contribution in [2.75, 3.05) is 31.6 Å². The highest BCUT2D eigenvalue weighted by Crippen LogP contribution is 2.30. The fraction of sp³-hybridized carbons (Fsp3) is 0.294. The van der Waals surface area contributed by atoms with E-state index in [0.29, 0.717) is 54.5 Å². The van der Waals surface area contributed by atoms with Gasteiger partial charge in [0.25, 0.3) is 0 Å². The number of hydrogen-bond donors (Lipinski definition) is 3. The number of anilines is 1. The molecule has 138 valence electrons. The lowest BCUT2D eigenvalue weighted by Crippen LogP contribution is -2.37. The largest absolute Gasteiger partial charge is 0.486 e. The van der Waals surface area contributed by atoms with Crippen molar-refractivity contribution in [2.24, 2.45) is 0 Å². The quantitative estimate of drug-likeness (QED) is 0.653. The van der Waals surface area contributed by atoms with Crippen molar-refractivity contribution >= 4 is 35.1 Å². The maximum Gasteiger partial charge on any atom is 0.315 e. The van der Waals surface area contributed by atoms with Crippen molar-refractivity contribution in [3.05, 3.63) is 46.1 Å². The summed E-state index contributed by atoms with van der Waals surface area (Å²) in [6.45, 7) is 2.36. The van der Waals surface area contributed by atoms with Gasteiger partial charge in [-0.15, -0.1) is 0 Å². The molecule has 0 atom stereocenters. The lowest BCUT2D eigenvalue weighted by Gasteiger charge is -2.19. The van der Waals surface area contributed by atoms with Gasteiger partial charge >= 0.3 is 6.03 Å². The third kappa shape index (κ3) is 5.06. The molecule has 3 rings (SSSR count). The summed E-state index contributed by atoms with van der Waals surface area (Å²) in [4.78, 5) is 15.9. The van der Waals surface area contributed by atoms with E-state index in [0.717, 1.165) is 11.3 Å². The van der Waals surface area contributed by atoms with Crippen LogP contribution >= 0.6 is 23.2 Å². The average molecular weight is 397 g/mol. The summed E-state index contributed by atoms with van der Waals surface area (Å²) in [6.07, 6.45) is 1.50. The van der Waals surface area contributed by atoms with Crippen LogP contribution in [0.25, 0.3) is 0 Å². The minimum atomic E-state index is -0.267. The van der Waals surface area contributed by atoms with Crippen LogP contribution in [0.15, 0.2) is 30.5 Å². The zero-order valence-electron chi connectivity index (χ0n) is 13.9. The third-order valence-electron chi connectivity index (χ3n) is 3.57. The predicted molar refractivity (Wildman–Crippen MR) is 100 cm³/mol. The van der Waals surface area contributed by atoms with Crippen LogP contribution in [0.3, 0.4) is 0 Å². The second kappa shape index (κ2) is 8.82. The first-order chi connectivity index (χ1) is 12.6. The third-order valence-corrected chi connectivity index (χ3v) is 4.07. The molecule has 1 aliphatic heterocycles. The summed E-state index contributed by atoms with van der Waals surface area (Å²) < 4.78 is 11.0.